The first-order valence-electron chi connectivity index (χ1n) is 8.70. The molecule has 0 bridgehead atoms. The summed E-state index contributed by atoms with van der Waals surface area (Å²) >= 11 is 0. The number of amides is 3. The SMILES string of the molecule is CC.CC.O=C(O)N1CCN(C(=O)NC2CCCCC2)CC1.[HH]. The largest absolute Gasteiger partial charge is 0.465 e. The van der Waals surface area contributed by atoms with Crippen LogP contribution in [0.5, 0.6) is 0 Å². The van der Waals surface area contributed by atoms with E-state index in [0.717, 1.165) is 12.8 Å². The Balaban J connectivity index is 0. The van der Waals surface area contributed by atoms with Crippen molar-refractivity contribution in [1.29, 1.82) is 0 Å². The quantitative estimate of drug-likeness (QED) is 0.775. The Morgan fingerprint density at radius 3 is 1.82 bits per heavy atom. The first-order valence-corrected chi connectivity index (χ1v) is 8.70. The third-order valence-corrected chi connectivity index (χ3v) is 3.77. The van der Waals surface area contributed by atoms with Gasteiger partial charge in [0.1, 0.15) is 0 Å². The van der Waals surface area contributed by atoms with Gasteiger partial charge in [0.05, 0.1) is 0 Å². The molecule has 3 amide bonds. The molecule has 22 heavy (non-hydrogen) atoms. The van der Waals surface area contributed by atoms with Gasteiger partial charge in [-0.15, -0.1) is 0 Å². The molecular formula is C16H35N3O3. The van der Waals surface area contributed by atoms with Crippen LogP contribution in [0.3, 0.4) is 0 Å². The lowest BCUT2D eigenvalue weighted by atomic mass is 9.96. The topological polar surface area (TPSA) is 72.9 Å². The fourth-order valence-corrected chi connectivity index (χ4v) is 2.61. The lowest BCUT2D eigenvalue weighted by Gasteiger charge is -2.34. The molecule has 2 fully saturated rings. The molecule has 6 heteroatoms. The van der Waals surface area contributed by atoms with Crippen molar-refractivity contribution in [1.82, 2.24) is 15.1 Å². The molecule has 0 unspecified atom stereocenters. The van der Waals surface area contributed by atoms with Crippen molar-refractivity contribution >= 4 is 12.1 Å². The molecule has 1 aliphatic heterocycles. The number of hydrogen-bond donors (Lipinski definition) is 2. The van der Waals surface area contributed by atoms with Crippen LogP contribution in [0.25, 0.3) is 0 Å². The summed E-state index contributed by atoms with van der Waals surface area (Å²) in [5.74, 6) is 0. The van der Waals surface area contributed by atoms with E-state index in [-0.39, 0.29) is 7.46 Å². The maximum absolute atomic E-state index is 12.0. The van der Waals surface area contributed by atoms with E-state index in [9.17, 15) is 9.59 Å². The smallest absolute Gasteiger partial charge is 0.407 e. The Bertz CT molecular complexity index is 316. The second-order valence-corrected chi connectivity index (χ2v) is 5.04. The van der Waals surface area contributed by atoms with Crippen LogP contribution in [0.15, 0.2) is 0 Å². The van der Waals surface area contributed by atoms with Crippen LogP contribution in [0.1, 0.15) is 61.2 Å². The zero-order valence-corrected chi connectivity index (χ0v) is 14.6. The number of rotatable bonds is 1. The number of carbonyl (C=O) groups is 2. The van der Waals surface area contributed by atoms with Gasteiger partial charge in [-0.1, -0.05) is 47.0 Å². The van der Waals surface area contributed by atoms with E-state index in [0.29, 0.717) is 32.2 Å². The van der Waals surface area contributed by atoms with E-state index in [1.54, 1.807) is 4.90 Å². The molecule has 0 spiro atoms. The maximum atomic E-state index is 12.0. The van der Waals surface area contributed by atoms with Crippen LogP contribution in [-0.4, -0.2) is 59.3 Å². The fraction of sp³-hybridized carbons (Fsp3) is 0.875. The van der Waals surface area contributed by atoms with Crippen LogP contribution in [0.2, 0.25) is 0 Å². The van der Waals surface area contributed by atoms with Crippen LogP contribution in [0.4, 0.5) is 9.59 Å². The van der Waals surface area contributed by atoms with Gasteiger partial charge in [-0.25, -0.2) is 9.59 Å². The summed E-state index contributed by atoms with van der Waals surface area (Å²) < 4.78 is 0. The van der Waals surface area contributed by atoms with Crippen molar-refractivity contribution in [3.8, 4) is 0 Å². The number of nitrogens with one attached hydrogen (secondary N) is 1. The lowest BCUT2D eigenvalue weighted by Crippen LogP contribution is -2.54. The Morgan fingerprint density at radius 1 is 0.909 bits per heavy atom. The molecule has 0 atom stereocenters. The van der Waals surface area contributed by atoms with E-state index in [1.807, 2.05) is 27.7 Å². The molecule has 0 radical (unpaired) electrons. The highest BCUT2D eigenvalue weighted by molar-refractivity contribution is 5.75. The van der Waals surface area contributed by atoms with Crippen molar-refractivity contribution in [3.05, 3.63) is 0 Å². The zero-order valence-electron chi connectivity index (χ0n) is 14.6. The summed E-state index contributed by atoms with van der Waals surface area (Å²) in [6.45, 7) is 9.80. The summed E-state index contributed by atoms with van der Waals surface area (Å²) in [5.41, 5.74) is 0. The number of nitrogens with zero attached hydrogens (tertiary/aromatic N) is 2. The normalized spacial score (nSPS) is 18.4. The van der Waals surface area contributed by atoms with Gasteiger partial charge in [0.15, 0.2) is 0 Å². The van der Waals surface area contributed by atoms with E-state index in [4.69, 9.17) is 5.11 Å². The molecule has 1 aliphatic carbocycles. The molecule has 2 aliphatic rings. The summed E-state index contributed by atoms with van der Waals surface area (Å²) in [4.78, 5) is 25.8. The van der Waals surface area contributed by atoms with Gasteiger partial charge in [-0.3, -0.25) is 0 Å². The van der Waals surface area contributed by atoms with Crippen molar-refractivity contribution in [2.45, 2.75) is 65.8 Å². The lowest BCUT2D eigenvalue weighted by molar-refractivity contribution is 0.110. The summed E-state index contributed by atoms with van der Waals surface area (Å²) in [6.07, 6.45) is 4.89. The maximum Gasteiger partial charge on any atom is 0.407 e. The molecule has 6 nitrogen and oxygen atoms in total. The summed E-state index contributed by atoms with van der Waals surface area (Å²) in [7, 11) is 0. The highest BCUT2D eigenvalue weighted by Gasteiger charge is 2.25. The predicted molar refractivity (Wildman–Crippen MR) is 91.4 cm³/mol. The Kier molecular flexibility index (Phi) is 11.3. The van der Waals surface area contributed by atoms with Gasteiger partial charge in [-0.05, 0) is 12.8 Å². The summed E-state index contributed by atoms with van der Waals surface area (Å²) in [5, 5.41) is 11.9. The average Bonchev–Trinajstić information content (AvgIpc) is 2.59. The number of carbonyl (C=O) groups excluding carboxylic acids is 1. The van der Waals surface area contributed by atoms with E-state index in [2.05, 4.69) is 5.32 Å². The molecule has 1 heterocycles. The average molecular weight is 317 g/mol. The second kappa shape index (κ2) is 12.1. The van der Waals surface area contributed by atoms with Gasteiger partial charge < -0.3 is 20.2 Å². The van der Waals surface area contributed by atoms with Crippen molar-refractivity contribution in [2.75, 3.05) is 26.2 Å². The van der Waals surface area contributed by atoms with E-state index in [1.165, 1.54) is 24.2 Å². The fourth-order valence-electron chi connectivity index (χ4n) is 2.61. The van der Waals surface area contributed by atoms with E-state index >= 15 is 0 Å². The van der Waals surface area contributed by atoms with Crippen molar-refractivity contribution in [2.24, 2.45) is 0 Å². The monoisotopic (exact) mass is 317 g/mol. The molecular weight excluding hydrogens is 282 g/mol. The molecule has 132 valence electrons. The minimum Gasteiger partial charge on any atom is -0.465 e. The van der Waals surface area contributed by atoms with Crippen molar-refractivity contribution in [3.63, 3.8) is 0 Å². The van der Waals surface area contributed by atoms with Crippen LogP contribution in [-0.2, 0) is 0 Å². The third-order valence-electron chi connectivity index (χ3n) is 3.77. The van der Waals surface area contributed by atoms with Gasteiger partial charge in [-0.2, -0.15) is 0 Å². The number of urea groups is 1. The Morgan fingerprint density at radius 2 is 1.36 bits per heavy atom. The molecule has 1 saturated heterocycles. The number of hydrogen-bond acceptors (Lipinski definition) is 2. The molecule has 0 aromatic rings. The highest BCUT2D eigenvalue weighted by atomic mass is 16.4. The van der Waals surface area contributed by atoms with Gasteiger partial charge in [0.25, 0.3) is 0 Å². The van der Waals surface area contributed by atoms with Crippen molar-refractivity contribution < 1.29 is 16.1 Å². The number of carboxylic acid groups (broad SMARTS) is 1. The zero-order chi connectivity index (χ0) is 17.0. The first kappa shape index (κ1) is 20.5. The molecule has 2 rings (SSSR count). The Hall–Kier alpha value is -1.46. The first-order chi connectivity index (χ1) is 10.7. The van der Waals surface area contributed by atoms with E-state index < -0.39 is 6.09 Å². The predicted octanol–water partition coefficient (Wildman–Crippen LogP) is 3.62. The standard InChI is InChI=1S/C12H21N3O3.2C2H6.H2/c16-11(13-10-4-2-1-3-5-10)14-6-8-15(9-7-14)12(17)18;2*1-2;/h10H,1-9H2,(H,13,16)(H,17,18);2*1-2H3;1H. The van der Waals surface area contributed by atoms with Crippen LogP contribution < -0.4 is 5.32 Å². The minimum atomic E-state index is -0.901. The summed E-state index contributed by atoms with van der Waals surface area (Å²) in [6, 6.07) is 0.274. The van der Waals surface area contributed by atoms with Gasteiger partial charge >= 0.3 is 12.1 Å². The van der Waals surface area contributed by atoms with Gasteiger partial charge in [0, 0.05) is 33.6 Å². The van der Waals surface area contributed by atoms with Crippen LogP contribution >= 0.6 is 0 Å². The molecule has 2 N–H and O–H groups in total. The second-order valence-electron chi connectivity index (χ2n) is 5.04. The molecule has 1 saturated carbocycles. The minimum absolute atomic E-state index is 0. The van der Waals surface area contributed by atoms with Gasteiger partial charge in [0.2, 0.25) is 0 Å². The van der Waals surface area contributed by atoms with Crippen LogP contribution in [0, 0.1) is 0 Å². The molecule has 0 aromatic heterocycles. The Labute approximate surface area is 136 Å². The molecule has 0 aromatic carbocycles. The third kappa shape index (κ3) is 7.00. The highest BCUT2D eigenvalue weighted by Crippen LogP contribution is 2.17. The number of piperazine rings is 1.